The summed E-state index contributed by atoms with van der Waals surface area (Å²) in [5, 5.41) is 0.872. The van der Waals surface area contributed by atoms with E-state index in [1.54, 1.807) is 17.8 Å². The highest BCUT2D eigenvalue weighted by Crippen LogP contribution is 2.37. The number of rotatable bonds is 5. The van der Waals surface area contributed by atoms with Crippen LogP contribution in [0.5, 0.6) is 11.5 Å². The summed E-state index contributed by atoms with van der Waals surface area (Å²) in [5.41, 5.74) is 3.04. The number of aromatic amines is 1. The Bertz CT molecular complexity index is 1620. The normalized spacial score (nSPS) is 16.6. The molecule has 214 valence electrons. The summed E-state index contributed by atoms with van der Waals surface area (Å²) >= 11 is 0. The van der Waals surface area contributed by atoms with Crippen molar-refractivity contribution in [3.05, 3.63) is 77.3 Å². The maximum absolute atomic E-state index is 12.6. The predicted molar refractivity (Wildman–Crippen MR) is 161 cm³/mol. The maximum atomic E-state index is 12.6. The van der Waals surface area contributed by atoms with Gasteiger partial charge in [-0.2, -0.15) is 0 Å². The smallest absolute Gasteiger partial charge is 0.410 e. The van der Waals surface area contributed by atoms with Gasteiger partial charge in [0.25, 0.3) is 5.56 Å². The predicted octanol–water partition coefficient (Wildman–Crippen LogP) is 5.07. The molecule has 2 aliphatic rings. The summed E-state index contributed by atoms with van der Waals surface area (Å²) in [6.07, 6.45) is 3.44. The van der Waals surface area contributed by atoms with E-state index in [2.05, 4.69) is 26.9 Å². The summed E-state index contributed by atoms with van der Waals surface area (Å²) in [7, 11) is 1.76. The number of pyridine rings is 1. The van der Waals surface area contributed by atoms with Crippen LogP contribution >= 0.6 is 0 Å². The van der Waals surface area contributed by atoms with Crippen LogP contribution in [0.25, 0.3) is 22.0 Å². The number of nitrogens with one attached hydrogen (secondary N) is 1. The number of amides is 1. The minimum Gasteiger partial charge on any atom is -0.457 e. The molecule has 0 saturated carbocycles. The molecule has 2 aliphatic heterocycles. The molecule has 41 heavy (non-hydrogen) atoms. The Morgan fingerprint density at radius 1 is 0.951 bits per heavy atom. The highest BCUT2D eigenvalue weighted by atomic mass is 16.6. The van der Waals surface area contributed by atoms with E-state index in [0.29, 0.717) is 24.6 Å². The van der Waals surface area contributed by atoms with Crippen LogP contribution < -0.4 is 15.2 Å². The van der Waals surface area contributed by atoms with Crippen molar-refractivity contribution < 1.29 is 14.3 Å². The van der Waals surface area contributed by atoms with Crippen LogP contribution in [-0.2, 0) is 11.8 Å². The van der Waals surface area contributed by atoms with Gasteiger partial charge in [-0.15, -0.1) is 0 Å². The maximum Gasteiger partial charge on any atom is 0.410 e. The molecule has 4 heterocycles. The second-order valence-corrected chi connectivity index (χ2v) is 11.9. The van der Waals surface area contributed by atoms with Crippen LogP contribution in [-0.4, -0.2) is 76.4 Å². The molecule has 0 aliphatic carbocycles. The van der Waals surface area contributed by atoms with Crippen molar-refractivity contribution in [1.82, 2.24) is 19.4 Å². The number of carbonyl (C=O) groups excluding carboxylic acids is 1. The van der Waals surface area contributed by atoms with Crippen molar-refractivity contribution in [2.24, 2.45) is 7.05 Å². The number of ether oxygens (including phenoxy) is 2. The molecule has 1 N–H and O–H groups in total. The second-order valence-electron chi connectivity index (χ2n) is 11.9. The van der Waals surface area contributed by atoms with Crippen LogP contribution in [0.4, 0.5) is 10.5 Å². The lowest BCUT2D eigenvalue weighted by Crippen LogP contribution is -2.63. The standard InChI is InChI=1S/C32H37N5O4/c1-32(2,3)41-31(39)36-16-14-35(15-17-36)23-19-37(20-23)22-8-7-9-24(18-22)40-28-11-6-5-10-25(28)27-21-34(4)30(38)29-26(27)12-13-33-29/h5-13,18,21,23,33H,14-17,19-20H2,1-4H3. The SMILES string of the molecule is Cn1cc(-c2ccccc2Oc2cccc(N3CC(N4CCN(C(=O)OC(C)(C)C)CC4)C3)c2)c2cc[nH]c2c1=O. The van der Waals surface area contributed by atoms with E-state index in [9.17, 15) is 9.59 Å². The van der Waals surface area contributed by atoms with Gasteiger partial charge in [0, 0.05) is 93.0 Å². The van der Waals surface area contributed by atoms with Gasteiger partial charge in [0.2, 0.25) is 0 Å². The van der Waals surface area contributed by atoms with Crippen molar-refractivity contribution in [1.29, 1.82) is 0 Å². The molecule has 2 aromatic carbocycles. The number of hydrogen-bond acceptors (Lipinski definition) is 6. The highest BCUT2D eigenvalue weighted by Gasteiger charge is 2.35. The van der Waals surface area contributed by atoms with Gasteiger partial charge in [-0.1, -0.05) is 24.3 Å². The van der Waals surface area contributed by atoms with Gasteiger partial charge in [-0.3, -0.25) is 9.69 Å². The summed E-state index contributed by atoms with van der Waals surface area (Å²) < 4.78 is 13.6. The second kappa shape index (κ2) is 10.6. The molecular weight excluding hydrogens is 518 g/mol. The van der Waals surface area contributed by atoms with Crippen molar-refractivity contribution in [2.75, 3.05) is 44.2 Å². The zero-order valence-corrected chi connectivity index (χ0v) is 24.1. The van der Waals surface area contributed by atoms with E-state index in [0.717, 1.165) is 59.9 Å². The van der Waals surface area contributed by atoms with E-state index in [4.69, 9.17) is 9.47 Å². The summed E-state index contributed by atoms with van der Waals surface area (Å²) in [5.74, 6) is 1.50. The number of fused-ring (bicyclic) bond motifs is 1. The van der Waals surface area contributed by atoms with Crippen molar-refractivity contribution in [2.45, 2.75) is 32.4 Å². The first kappa shape index (κ1) is 27.0. The fourth-order valence-electron chi connectivity index (χ4n) is 5.63. The third-order valence-corrected chi connectivity index (χ3v) is 7.83. The van der Waals surface area contributed by atoms with Gasteiger partial charge in [0.1, 0.15) is 22.6 Å². The molecule has 2 aromatic heterocycles. The van der Waals surface area contributed by atoms with Crippen molar-refractivity contribution in [3.63, 3.8) is 0 Å². The number of piperazine rings is 1. The van der Waals surface area contributed by atoms with E-state index < -0.39 is 5.60 Å². The first-order valence-corrected chi connectivity index (χ1v) is 14.2. The van der Waals surface area contributed by atoms with E-state index in [1.165, 1.54) is 0 Å². The number of carbonyl (C=O) groups is 1. The van der Waals surface area contributed by atoms with E-state index >= 15 is 0 Å². The molecule has 0 atom stereocenters. The fourth-order valence-corrected chi connectivity index (χ4v) is 5.63. The largest absolute Gasteiger partial charge is 0.457 e. The summed E-state index contributed by atoms with van der Waals surface area (Å²) in [6.45, 7) is 10.7. The molecule has 4 aromatic rings. The number of nitrogens with zero attached hydrogens (tertiary/aromatic N) is 4. The van der Waals surface area contributed by atoms with Gasteiger partial charge in [0.15, 0.2) is 0 Å². The average Bonchev–Trinajstić information content (AvgIpc) is 3.41. The molecule has 0 radical (unpaired) electrons. The van der Waals surface area contributed by atoms with E-state index in [1.807, 2.05) is 74.3 Å². The van der Waals surface area contributed by atoms with Crippen molar-refractivity contribution >= 4 is 22.7 Å². The quantitative estimate of drug-likeness (QED) is 0.370. The number of aryl methyl sites for hydroxylation is 1. The number of para-hydroxylation sites is 1. The number of anilines is 1. The number of benzene rings is 2. The average molecular weight is 556 g/mol. The molecule has 2 saturated heterocycles. The number of H-pyrrole nitrogens is 1. The molecule has 0 spiro atoms. The van der Waals surface area contributed by atoms with Gasteiger partial charge in [-0.05, 0) is 45.0 Å². The Kier molecular flexibility index (Phi) is 6.99. The molecule has 2 fully saturated rings. The Labute approximate surface area is 239 Å². The lowest BCUT2D eigenvalue weighted by atomic mass is 10.0. The highest BCUT2D eigenvalue weighted by molar-refractivity contribution is 5.95. The summed E-state index contributed by atoms with van der Waals surface area (Å²) in [4.78, 5) is 34.7. The lowest BCUT2D eigenvalue weighted by Gasteiger charge is -2.49. The molecular formula is C32H37N5O4. The van der Waals surface area contributed by atoms with Crippen LogP contribution in [0.3, 0.4) is 0 Å². The Morgan fingerprint density at radius 2 is 1.71 bits per heavy atom. The zero-order chi connectivity index (χ0) is 28.7. The van der Waals surface area contributed by atoms with Gasteiger partial charge < -0.3 is 28.8 Å². The summed E-state index contributed by atoms with van der Waals surface area (Å²) in [6, 6.07) is 18.5. The topological polar surface area (TPSA) is 83.0 Å². The van der Waals surface area contributed by atoms with E-state index in [-0.39, 0.29) is 11.7 Å². The van der Waals surface area contributed by atoms with Crippen LogP contribution in [0.2, 0.25) is 0 Å². The van der Waals surface area contributed by atoms with Crippen LogP contribution in [0.1, 0.15) is 20.8 Å². The van der Waals surface area contributed by atoms with Crippen molar-refractivity contribution in [3.8, 4) is 22.6 Å². The minimum atomic E-state index is -0.473. The zero-order valence-electron chi connectivity index (χ0n) is 24.1. The monoisotopic (exact) mass is 555 g/mol. The molecule has 0 bridgehead atoms. The Hall–Kier alpha value is -4.24. The fraction of sp³-hybridized carbons (Fsp3) is 0.375. The van der Waals surface area contributed by atoms with Gasteiger partial charge in [-0.25, -0.2) is 4.79 Å². The Morgan fingerprint density at radius 3 is 2.46 bits per heavy atom. The van der Waals surface area contributed by atoms with Gasteiger partial charge >= 0.3 is 6.09 Å². The molecule has 0 unspecified atom stereocenters. The molecule has 9 nitrogen and oxygen atoms in total. The number of hydrogen-bond donors (Lipinski definition) is 1. The van der Waals surface area contributed by atoms with Crippen LogP contribution in [0, 0.1) is 0 Å². The minimum absolute atomic E-state index is 0.0578. The first-order valence-electron chi connectivity index (χ1n) is 14.2. The third-order valence-electron chi connectivity index (χ3n) is 7.83. The molecule has 1 amide bonds. The van der Waals surface area contributed by atoms with Gasteiger partial charge in [0.05, 0.1) is 0 Å². The lowest BCUT2D eigenvalue weighted by molar-refractivity contribution is 0.00876. The molecule has 6 rings (SSSR count). The Balaban J connectivity index is 1.11. The van der Waals surface area contributed by atoms with Crippen LogP contribution in [0.15, 0.2) is 71.8 Å². The first-order chi connectivity index (χ1) is 19.7. The molecule has 9 heteroatoms. The number of aromatic nitrogens is 2. The third kappa shape index (κ3) is 5.54.